The Morgan fingerprint density at radius 2 is 1.95 bits per heavy atom. The molecule has 0 aliphatic carbocycles. The zero-order valence-corrected chi connectivity index (χ0v) is 11.5. The Morgan fingerprint density at radius 1 is 1.21 bits per heavy atom. The molecule has 1 N–H and O–H groups in total. The van der Waals surface area contributed by atoms with E-state index in [0.29, 0.717) is 11.0 Å². The maximum atomic E-state index is 13.2. The zero-order chi connectivity index (χ0) is 13.7. The number of hydrogen-bond donors (Lipinski definition) is 1. The van der Waals surface area contributed by atoms with Gasteiger partial charge in [-0.2, -0.15) is 0 Å². The van der Waals surface area contributed by atoms with Crippen molar-refractivity contribution in [2.45, 2.75) is 6.54 Å². The van der Waals surface area contributed by atoms with E-state index in [0.717, 1.165) is 11.6 Å². The van der Waals surface area contributed by atoms with Gasteiger partial charge in [-0.3, -0.25) is 0 Å². The van der Waals surface area contributed by atoms with E-state index in [9.17, 15) is 9.18 Å². The molecule has 1 amide bonds. The van der Waals surface area contributed by atoms with Crippen LogP contribution in [0.4, 0.5) is 9.18 Å². The van der Waals surface area contributed by atoms with Crippen LogP contribution in [0.3, 0.4) is 0 Å². The van der Waals surface area contributed by atoms with Gasteiger partial charge in [0.2, 0.25) is 0 Å². The number of nitrogens with one attached hydrogen (secondary N) is 1. The van der Waals surface area contributed by atoms with Crippen molar-refractivity contribution in [1.29, 1.82) is 0 Å². The van der Waals surface area contributed by atoms with Gasteiger partial charge in [0.15, 0.2) is 0 Å². The van der Waals surface area contributed by atoms with Crippen molar-refractivity contribution in [3.05, 3.63) is 64.4 Å². The molecule has 0 saturated heterocycles. The Bertz CT molecular complexity index is 575. The van der Waals surface area contributed by atoms with Gasteiger partial charge in [0, 0.05) is 12.6 Å². The van der Waals surface area contributed by atoms with Gasteiger partial charge in [-0.25, -0.2) is 9.18 Å². The molecule has 2 aromatic carbocycles. The lowest BCUT2D eigenvalue weighted by molar-refractivity contribution is 0.200. The third-order valence-electron chi connectivity index (χ3n) is 2.38. The monoisotopic (exact) mass is 323 g/mol. The van der Waals surface area contributed by atoms with Crippen LogP contribution in [0.2, 0.25) is 0 Å². The predicted molar refractivity (Wildman–Crippen MR) is 73.4 cm³/mol. The summed E-state index contributed by atoms with van der Waals surface area (Å²) in [6.07, 6.45) is -0.620. The van der Waals surface area contributed by atoms with E-state index in [-0.39, 0.29) is 5.75 Å². The highest BCUT2D eigenvalue weighted by molar-refractivity contribution is 9.10. The first-order chi connectivity index (χ1) is 9.15. The summed E-state index contributed by atoms with van der Waals surface area (Å²) in [5.41, 5.74) is 0.960. The van der Waals surface area contributed by atoms with Crippen LogP contribution in [0.1, 0.15) is 5.56 Å². The van der Waals surface area contributed by atoms with Gasteiger partial charge in [-0.05, 0) is 33.6 Å². The lowest BCUT2D eigenvalue weighted by Gasteiger charge is -2.07. The van der Waals surface area contributed by atoms with Crippen LogP contribution in [-0.2, 0) is 6.54 Å². The summed E-state index contributed by atoms with van der Waals surface area (Å²) in [4.78, 5) is 11.5. The normalized spacial score (nSPS) is 10.0. The first-order valence-corrected chi connectivity index (χ1v) is 6.39. The number of carbonyl (C=O) groups excluding carboxylic acids is 1. The first kappa shape index (κ1) is 13.5. The highest BCUT2D eigenvalue weighted by Crippen LogP contribution is 2.20. The Balaban J connectivity index is 1.89. The lowest BCUT2D eigenvalue weighted by atomic mass is 10.2. The average Bonchev–Trinajstić information content (AvgIpc) is 2.42. The quantitative estimate of drug-likeness (QED) is 0.930. The van der Waals surface area contributed by atoms with E-state index in [4.69, 9.17) is 4.74 Å². The summed E-state index contributed by atoms with van der Waals surface area (Å²) in [5, 5.41) is 2.59. The van der Waals surface area contributed by atoms with Crippen molar-refractivity contribution < 1.29 is 13.9 Å². The number of amides is 1. The molecule has 19 heavy (non-hydrogen) atoms. The molecule has 3 nitrogen and oxygen atoms in total. The van der Waals surface area contributed by atoms with E-state index >= 15 is 0 Å². The first-order valence-electron chi connectivity index (χ1n) is 5.60. The summed E-state index contributed by atoms with van der Waals surface area (Å²) in [6.45, 7) is 0.360. The van der Waals surface area contributed by atoms with Crippen LogP contribution in [0, 0.1) is 5.82 Å². The summed E-state index contributed by atoms with van der Waals surface area (Å²) >= 11 is 3.03. The van der Waals surface area contributed by atoms with Gasteiger partial charge in [-0.1, -0.05) is 30.3 Å². The number of carbonyl (C=O) groups is 1. The molecule has 0 atom stereocenters. The van der Waals surface area contributed by atoms with Crippen LogP contribution in [-0.4, -0.2) is 6.09 Å². The lowest BCUT2D eigenvalue weighted by Crippen LogP contribution is -2.26. The number of rotatable bonds is 3. The largest absolute Gasteiger partial charge is 0.412 e. The number of halogens is 2. The Labute approximate surface area is 118 Å². The van der Waals surface area contributed by atoms with Crippen molar-refractivity contribution in [3.63, 3.8) is 0 Å². The molecule has 0 aliphatic heterocycles. The van der Waals surface area contributed by atoms with Crippen LogP contribution in [0.15, 0.2) is 53.0 Å². The minimum Gasteiger partial charge on any atom is -0.410 e. The van der Waals surface area contributed by atoms with E-state index in [1.807, 2.05) is 30.3 Å². The van der Waals surface area contributed by atoms with Crippen LogP contribution in [0.25, 0.3) is 0 Å². The summed E-state index contributed by atoms with van der Waals surface area (Å²) in [7, 11) is 0. The topological polar surface area (TPSA) is 38.3 Å². The van der Waals surface area contributed by atoms with Gasteiger partial charge >= 0.3 is 6.09 Å². The highest BCUT2D eigenvalue weighted by atomic mass is 79.9. The maximum absolute atomic E-state index is 13.2. The molecule has 0 saturated carbocycles. The molecule has 0 radical (unpaired) electrons. The number of benzene rings is 2. The maximum Gasteiger partial charge on any atom is 0.412 e. The second-order valence-corrected chi connectivity index (χ2v) is 4.66. The third kappa shape index (κ3) is 4.06. The molecule has 0 unspecified atom stereocenters. The fourth-order valence-corrected chi connectivity index (χ4v) is 1.70. The standard InChI is InChI=1S/C14H11BrFNO2/c15-12-7-6-11(8-13(12)16)19-14(18)17-9-10-4-2-1-3-5-10/h1-8H,9H2,(H,17,18). The van der Waals surface area contributed by atoms with E-state index in [2.05, 4.69) is 21.2 Å². The summed E-state index contributed by atoms with van der Waals surface area (Å²) in [5.74, 6) is -0.320. The second-order valence-electron chi connectivity index (χ2n) is 3.80. The Hall–Kier alpha value is -1.88. The molecule has 2 rings (SSSR count). The third-order valence-corrected chi connectivity index (χ3v) is 3.02. The molecule has 98 valence electrons. The molecule has 0 heterocycles. The van der Waals surface area contributed by atoms with E-state index in [1.54, 1.807) is 0 Å². The van der Waals surface area contributed by atoms with Gasteiger partial charge < -0.3 is 10.1 Å². The molecule has 2 aromatic rings. The van der Waals surface area contributed by atoms with Crippen molar-refractivity contribution in [1.82, 2.24) is 5.32 Å². The molecule has 0 spiro atoms. The number of hydrogen-bond acceptors (Lipinski definition) is 2. The van der Waals surface area contributed by atoms with Crippen LogP contribution >= 0.6 is 15.9 Å². The minimum atomic E-state index is -0.620. The van der Waals surface area contributed by atoms with E-state index in [1.165, 1.54) is 12.1 Å². The van der Waals surface area contributed by atoms with Gasteiger partial charge in [0.1, 0.15) is 11.6 Å². The molecular weight excluding hydrogens is 313 g/mol. The zero-order valence-electron chi connectivity index (χ0n) is 9.90. The number of ether oxygens (including phenoxy) is 1. The van der Waals surface area contributed by atoms with Crippen molar-refractivity contribution >= 4 is 22.0 Å². The summed E-state index contributed by atoms with van der Waals surface area (Å²) in [6, 6.07) is 13.6. The molecule has 0 bridgehead atoms. The average molecular weight is 324 g/mol. The second kappa shape index (κ2) is 6.33. The van der Waals surface area contributed by atoms with Crippen molar-refractivity contribution in [3.8, 4) is 5.75 Å². The van der Waals surface area contributed by atoms with E-state index < -0.39 is 11.9 Å². The molecule has 5 heteroatoms. The molecule has 0 aliphatic rings. The molecule has 0 fully saturated rings. The van der Waals surface area contributed by atoms with Crippen LogP contribution in [0.5, 0.6) is 5.75 Å². The Kier molecular flexibility index (Phi) is 4.52. The van der Waals surface area contributed by atoms with Gasteiger partial charge in [0.25, 0.3) is 0 Å². The van der Waals surface area contributed by atoms with Gasteiger partial charge in [-0.15, -0.1) is 0 Å². The fourth-order valence-electron chi connectivity index (χ4n) is 1.45. The predicted octanol–water partition coefficient (Wildman–Crippen LogP) is 3.88. The highest BCUT2D eigenvalue weighted by Gasteiger charge is 2.06. The van der Waals surface area contributed by atoms with Gasteiger partial charge in [0.05, 0.1) is 4.47 Å². The fraction of sp³-hybridized carbons (Fsp3) is 0.0714. The molecular formula is C14H11BrFNO2. The van der Waals surface area contributed by atoms with Crippen molar-refractivity contribution in [2.24, 2.45) is 0 Å². The van der Waals surface area contributed by atoms with Crippen LogP contribution < -0.4 is 10.1 Å². The van der Waals surface area contributed by atoms with Crippen molar-refractivity contribution in [2.75, 3.05) is 0 Å². The minimum absolute atomic E-state index is 0.159. The Morgan fingerprint density at radius 3 is 2.63 bits per heavy atom. The smallest absolute Gasteiger partial charge is 0.410 e. The SMILES string of the molecule is O=C(NCc1ccccc1)Oc1ccc(Br)c(F)c1. The summed E-state index contributed by atoms with van der Waals surface area (Å²) < 4.78 is 18.5. The molecule has 0 aromatic heterocycles.